The van der Waals surface area contributed by atoms with E-state index in [0.29, 0.717) is 44.1 Å². The van der Waals surface area contributed by atoms with E-state index >= 15 is 0 Å². The van der Waals surface area contributed by atoms with Gasteiger partial charge in [-0.15, -0.1) is 0 Å². The van der Waals surface area contributed by atoms with Crippen molar-refractivity contribution in [1.82, 2.24) is 9.80 Å². The Labute approximate surface area is 217 Å². The van der Waals surface area contributed by atoms with Crippen LogP contribution in [0.2, 0.25) is 0 Å². The Kier molecular flexibility index (Phi) is 9.53. The summed E-state index contributed by atoms with van der Waals surface area (Å²) in [6.07, 6.45) is 3.27. The number of carbonyl (C=O) groups is 1. The molecule has 1 aromatic rings. The summed E-state index contributed by atoms with van der Waals surface area (Å²) in [6, 6.07) is 5.59. The number of aliphatic hydroxyl groups is 1. The Balaban J connectivity index is 1.54. The van der Waals surface area contributed by atoms with Gasteiger partial charge in [-0.25, -0.2) is 0 Å². The molecule has 9 heteroatoms. The van der Waals surface area contributed by atoms with Crippen molar-refractivity contribution in [1.29, 1.82) is 0 Å². The zero-order valence-electron chi connectivity index (χ0n) is 21.6. The summed E-state index contributed by atoms with van der Waals surface area (Å²) >= 11 is 0. The number of benzene rings is 1. The van der Waals surface area contributed by atoms with Crippen LogP contribution in [0.15, 0.2) is 36.1 Å². The van der Waals surface area contributed by atoms with E-state index in [9.17, 15) is 23.1 Å². The third-order valence-corrected chi connectivity index (χ3v) is 7.90. The Morgan fingerprint density at radius 3 is 2.35 bits per heavy atom. The second-order valence-corrected chi connectivity index (χ2v) is 10.3. The Morgan fingerprint density at radius 2 is 1.76 bits per heavy atom. The van der Waals surface area contributed by atoms with E-state index in [4.69, 9.17) is 9.47 Å². The molecule has 1 N–H and O–H groups in total. The third kappa shape index (κ3) is 6.86. The van der Waals surface area contributed by atoms with Crippen LogP contribution >= 0.6 is 0 Å². The van der Waals surface area contributed by atoms with Crippen LogP contribution in [0.1, 0.15) is 68.9 Å². The smallest absolute Gasteiger partial charge is 0.416 e. The van der Waals surface area contributed by atoms with Crippen LogP contribution in [0.4, 0.5) is 13.2 Å². The maximum absolute atomic E-state index is 13.5. The maximum atomic E-state index is 13.5. The van der Waals surface area contributed by atoms with Gasteiger partial charge in [-0.1, -0.05) is 18.6 Å². The molecule has 4 rings (SSSR count). The summed E-state index contributed by atoms with van der Waals surface area (Å²) in [5.74, 6) is -0.617. The van der Waals surface area contributed by atoms with E-state index in [-0.39, 0.29) is 30.1 Å². The first-order chi connectivity index (χ1) is 17.8. The largest absolute Gasteiger partial charge is 0.459 e. The van der Waals surface area contributed by atoms with Crippen LogP contribution in [0.5, 0.6) is 0 Å². The number of nitrogens with zero attached hydrogens (tertiary/aromatic N) is 2. The minimum atomic E-state index is -4.42. The van der Waals surface area contributed by atoms with Gasteiger partial charge in [-0.3, -0.25) is 4.79 Å². The van der Waals surface area contributed by atoms with E-state index in [1.54, 1.807) is 6.08 Å². The molecule has 3 atom stereocenters. The molecule has 0 saturated carbocycles. The fourth-order valence-corrected chi connectivity index (χ4v) is 5.91. The lowest BCUT2D eigenvalue weighted by molar-refractivity contribution is -0.171. The zero-order chi connectivity index (χ0) is 26.4. The molecule has 0 radical (unpaired) electrons. The molecule has 0 aliphatic carbocycles. The van der Waals surface area contributed by atoms with E-state index in [0.717, 1.165) is 38.1 Å². The molecule has 206 valence electrons. The van der Waals surface area contributed by atoms with Crippen molar-refractivity contribution in [3.63, 3.8) is 0 Å². The molecule has 37 heavy (non-hydrogen) atoms. The molecule has 0 unspecified atom stereocenters. The number of alkyl halides is 3. The molecule has 3 aliphatic rings. The Hall–Kier alpha value is -2.10. The van der Waals surface area contributed by atoms with Crippen molar-refractivity contribution in [3.8, 4) is 0 Å². The van der Waals surface area contributed by atoms with E-state index in [1.165, 1.54) is 31.4 Å². The molecule has 2 fully saturated rings. The highest BCUT2D eigenvalue weighted by molar-refractivity contribution is 5.92. The van der Waals surface area contributed by atoms with E-state index < -0.39 is 18.0 Å². The molecule has 0 aromatic heterocycles. The lowest BCUT2D eigenvalue weighted by atomic mass is 9.80. The molecular weight excluding hydrogens is 485 g/mol. The van der Waals surface area contributed by atoms with Gasteiger partial charge in [-0.2, -0.15) is 13.2 Å². The molecule has 2 saturated heterocycles. The van der Waals surface area contributed by atoms with Gasteiger partial charge >= 0.3 is 6.18 Å². The molecule has 3 heterocycles. The van der Waals surface area contributed by atoms with Crippen LogP contribution < -0.4 is 0 Å². The number of halogens is 3. The molecule has 1 amide bonds. The highest BCUT2D eigenvalue weighted by Gasteiger charge is 2.40. The standard InChI is InChI=1S/C28H39F3N2O4/c1-2-36-27-23(7-6-18-34)24(20-8-10-21(11-9-20)28(29,30)31)19-25(37-27)26(35)33-16-12-22(13-17-33)32-14-4-3-5-15-32/h8-11,19,22-24,27,34H,2-7,12-18H2,1H3/t23-,24-,27-/m0/s1. The molecule has 6 nitrogen and oxygen atoms in total. The predicted octanol–water partition coefficient (Wildman–Crippen LogP) is 4.93. The van der Waals surface area contributed by atoms with Crippen LogP contribution in [0.25, 0.3) is 0 Å². The normalized spacial score (nSPS) is 26.0. The van der Waals surface area contributed by atoms with Gasteiger partial charge in [0.15, 0.2) is 5.76 Å². The van der Waals surface area contributed by atoms with Crippen molar-refractivity contribution >= 4 is 5.91 Å². The average Bonchev–Trinajstić information content (AvgIpc) is 2.92. The fraction of sp³-hybridized carbons (Fsp3) is 0.679. The van der Waals surface area contributed by atoms with Gasteiger partial charge in [0.2, 0.25) is 6.29 Å². The van der Waals surface area contributed by atoms with Gasteiger partial charge in [0.25, 0.3) is 5.91 Å². The van der Waals surface area contributed by atoms with Crippen molar-refractivity contribution in [2.24, 2.45) is 5.92 Å². The van der Waals surface area contributed by atoms with Gasteiger partial charge in [0, 0.05) is 44.2 Å². The molecule has 0 spiro atoms. The number of allylic oxidation sites excluding steroid dienone is 1. The summed E-state index contributed by atoms with van der Waals surface area (Å²) < 4.78 is 51.4. The van der Waals surface area contributed by atoms with Crippen LogP contribution in [0.3, 0.4) is 0 Å². The molecule has 3 aliphatic heterocycles. The second kappa shape index (κ2) is 12.6. The molecular formula is C28H39F3N2O4. The highest BCUT2D eigenvalue weighted by atomic mass is 19.4. The Bertz CT molecular complexity index is 907. The predicted molar refractivity (Wildman–Crippen MR) is 134 cm³/mol. The number of aliphatic hydroxyl groups excluding tert-OH is 1. The quantitative estimate of drug-likeness (QED) is 0.523. The van der Waals surface area contributed by atoms with Crippen LogP contribution in [0, 0.1) is 5.92 Å². The first kappa shape index (κ1) is 27.9. The van der Waals surface area contributed by atoms with Crippen LogP contribution in [-0.4, -0.2) is 72.5 Å². The second-order valence-electron chi connectivity index (χ2n) is 10.3. The highest BCUT2D eigenvalue weighted by Crippen LogP contribution is 2.41. The van der Waals surface area contributed by atoms with Crippen molar-refractivity contribution in [2.45, 2.75) is 76.3 Å². The van der Waals surface area contributed by atoms with Crippen molar-refractivity contribution in [3.05, 3.63) is 47.2 Å². The number of carbonyl (C=O) groups excluding carboxylic acids is 1. The number of likely N-dealkylation sites (tertiary alicyclic amines) is 2. The van der Waals surface area contributed by atoms with E-state index in [1.807, 2.05) is 11.8 Å². The fourth-order valence-electron chi connectivity index (χ4n) is 5.91. The summed E-state index contributed by atoms with van der Waals surface area (Å²) in [7, 11) is 0. The maximum Gasteiger partial charge on any atom is 0.416 e. The van der Waals surface area contributed by atoms with Crippen molar-refractivity contribution in [2.75, 3.05) is 39.4 Å². The lowest BCUT2D eigenvalue weighted by Gasteiger charge is -2.41. The summed E-state index contributed by atoms with van der Waals surface area (Å²) in [5.41, 5.74) is -0.0496. The number of hydrogen-bond donors (Lipinski definition) is 1. The third-order valence-electron chi connectivity index (χ3n) is 7.90. The van der Waals surface area contributed by atoms with Gasteiger partial charge in [-0.05, 0) is 82.3 Å². The number of amides is 1. The monoisotopic (exact) mass is 524 g/mol. The first-order valence-corrected chi connectivity index (χ1v) is 13.6. The SMILES string of the molecule is CCO[C@H]1OC(C(=O)N2CCC(N3CCCCC3)CC2)=C[C@@H](c2ccc(C(F)(F)F)cc2)[C@@H]1CCCO. The number of rotatable bonds is 8. The average molecular weight is 525 g/mol. The Morgan fingerprint density at radius 1 is 1.08 bits per heavy atom. The summed E-state index contributed by atoms with van der Waals surface area (Å²) in [4.78, 5) is 17.9. The molecule has 0 bridgehead atoms. The van der Waals surface area contributed by atoms with E-state index in [2.05, 4.69) is 4.90 Å². The minimum Gasteiger partial charge on any atom is -0.459 e. The van der Waals surface area contributed by atoms with Gasteiger partial charge in [0.05, 0.1) is 5.56 Å². The minimum absolute atomic E-state index is 0.0173. The van der Waals surface area contributed by atoms with Gasteiger partial charge in [0.1, 0.15) is 0 Å². The molecule has 1 aromatic carbocycles. The summed E-state index contributed by atoms with van der Waals surface area (Å²) in [6.45, 7) is 5.75. The number of ether oxygens (including phenoxy) is 2. The van der Waals surface area contributed by atoms with Crippen LogP contribution in [-0.2, 0) is 20.4 Å². The summed E-state index contributed by atoms with van der Waals surface area (Å²) in [5, 5.41) is 9.44. The number of piperidine rings is 2. The van der Waals surface area contributed by atoms with Gasteiger partial charge < -0.3 is 24.4 Å². The van der Waals surface area contributed by atoms with Crippen molar-refractivity contribution < 1.29 is 32.5 Å². The first-order valence-electron chi connectivity index (χ1n) is 13.6. The lowest BCUT2D eigenvalue weighted by Crippen LogP contribution is -2.49. The zero-order valence-corrected chi connectivity index (χ0v) is 21.6. The number of hydrogen-bond acceptors (Lipinski definition) is 5. The topological polar surface area (TPSA) is 62.2 Å².